The van der Waals surface area contributed by atoms with Gasteiger partial charge in [0.2, 0.25) is 0 Å². The molecule has 0 rings (SSSR count). The van der Waals surface area contributed by atoms with Crippen LogP contribution in [0.2, 0.25) is 0 Å². The Morgan fingerprint density at radius 2 is 1.57 bits per heavy atom. The minimum absolute atomic E-state index is 0.152. The molecule has 0 amide bonds. The molecule has 0 radical (unpaired) electrons. The van der Waals surface area contributed by atoms with E-state index in [1.165, 1.54) is 12.8 Å². The van der Waals surface area contributed by atoms with Gasteiger partial charge in [-0.3, -0.25) is 0 Å². The first-order valence-corrected chi connectivity index (χ1v) is 8.26. The summed E-state index contributed by atoms with van der Waals surface area (Å²) in [5, 5.41) is 8.76. The van der Waals surface area contributed by atoms with Crippen LogP contribution in [0.15, 0.2) is 0 Å². The van der Waals surface area contributed by atoms with Gasteiger partial charge in [0.25, 0.3) is 0 Å². The number of hydrogen-bond acceptors (Lipinski definition) is 4. The summed E-state index contributed by atoms with van der Waals surface area (Å²) < 4.78 is 15.0. The molecule has 0 heterocycles. The second kappa shape index (κ2) is 22.1. The number of methoxy groups -OCH3 is 2. The number of rotatable bonds is 10. The maximum Gasteiger partial charge on any atom is 0.143 e. The third kappa shape index (κ3) is 17.8. The van der Waals surface area contributed by atoms with Crippen molar-refractivity contribution in [2.75, 3.05) is 28.1 Å². The Morgan fingerprint density at radius 3 is 1.90 bits per heavy atom. The van der Waals surface area contributed by atoms with Crippen molar-refractivity contribution in [3.05, 3.63) is 0 Å². The van der Waals surface area contributed by atoms with Crippen LogP contribution in [0.4, 0.5) is 0 Å². The van der Waals surface area contributed by atoms with Crippen LogP contribution in [0.25, 0.3) is 0 Å². The molecule has 0 fully saturated rings. The second-order valence-corrected chi connectivity index (χ2v) is 4.86. The molecule has 0 aromatic carbocycles. The summed E-state index contributed by atoms with van der Waals surface area (Å²) in [7, 11) is 5.03. The van der Waals surface area contributed by atoms with Gasteiger partial charge in [0, 0.05) is 21.3 Å². The average molecular weight is 309 g/mol. The van der Waals surface area contributed by atoms with Gasteiger partial charge in [-0.15, -0.1) is 0 Å². The van der Waals surface area contributed by atoms with Crippen molar-refractivity contribution < 1.29 is 19.3 Å². The molecule has 3 atom stereocenters. The van der Waals surface area contributed by atoms with E-state index < -0.39 is 0 Å². The first kappa shape index (κ1) is 25.8. The van der Waals surface area contributed by atoms with E-state index in [0.29, 0.717) is 12.0 Å². The third-order valence-electron chi connectivity index (χ3n) is 3.18. The van der Waals surface area contributed by atoms with Crippen LogP contribution in [-0.2, 0) is 14.2 Å². The van der Waals surface area contributed by atoms with Gasteiger partial charge in [-0.2, -0.15) is 0 Å². The molecule has 0 aliphatic rings. The smallest absolute Gasteiger partial charge is 0.143 e. The molecule has 0 aliphatic carbocycles. The van der Waals surface area contributed by atoms with Crippen molar-refractivity contribution in [1.29, 1.82) is 0 Å². The lowest BCUT2D eigenvalue weighted by atomic mass is 9.93. The molecule has 132 valence electrons. The molecule has 4 heteroatoms. The minimum Gasteiger partial charge on any atom is -0.388 e. The molecule has 4 nitrogen and oxygen atoms in total. The summed E-state index contributed by atoms with van der Waals surface area (Å²) in [5.74, 6) is 0.480. The van der Waals surface area contributed by atoms with Gasteiger partial charge in [-0.1, -0.05) is 47.5 Å². The van der Waals surface area contributed by atoms with Gasteiger partial charge in [-0.05, 0) is 25.2 Å². The van der Waals surface area contributed by atoms with E-state index in [4.69, 9.17) is 14.6 Å². The fourth-order valence-corrected chi connectivity index (χ4v) is 2.06. The molecule has 0 spiro atoms. The molecule has 1 N–H and O–H groups in total. The van der Waals surface area contributed by atoms with Gasteiger partial charge in [0.1, 0.15) is 6.79 Å². The predicted octanol–water partition coefficient (Wildman–Crippen LogP) is 4.25. The van der Waals surface area contributed by atoms with Crippen LogP contribution in [0.5, 0.6) is 0 Å². The lowest BCUT2D eigenvalue weighted by molar-refractivity contribution is -0.0684. The predicted molar refractivity (Wildman–Crippen MR) is 90.6 cm³/mol. The zero-order valence-electron chi connectivity index (χ0n) is 15.6. The first-order valence-electron chi connectivity index (χ1n) is 8.26. The van der Waals surface area contributed by atoms with Crippen LogP contribution in [0, 0.1) is 5.92 Å². The average Bonchev–Trinajstić information content (AvgIpc) is 2.50. The van der Waals surface area contributed by atoms with Gasteiger partial charge in [0.15, 0.2) is 0 Å². The largest absolute Gasteiger partial charge is 0.388 e. The Hall–Kier alpha value is -0.160. The van der Waals surface area contributed by atoms with Crippen molar-refractivity contribution in [2.24, 2.45) is 5.92 Å². The molecule has 0 saturated heterocycles. The van der Waals surface area contributed by atoms with Crippen molar-refractivity contribution in [3.8, 4) is 0 Å². The molecular weight excluding hydrogens is 268 g/mol. The quantitative estimate of drug-likeness (QED) is 0.613. The topological polar surface area (TPSA) is 47.9 Å². The van der Waals surface area contributed by atoms with Crippen molar-refractivity contribution in [3.63, 3.8) is 0 Å². The van der Waals surface area contributed by atoms with E-state index in [9.17, 15) is 0 Å². The normalized spacial score (nSPS) is 14.1. The highest BCUT2D eigenvalue weighted by Crippen LogP contribution is 2.21. The van der Waals surface area contributed by atoms with Crippen LogP contribution >= 0.6 is 0 Å². The number of aliphatic hydroxyl groups excluding tert-OH is 1. The Morgan fingerprint density at radius 1 is 1.05 bits per heavy atom. The lowest BCUT2D eigenvalue weighted by Gasteiger charge is -2.26. The molecule has 21 heavy (non-hydrogen) atoms. The highest BCUT2D eigenvalue weighted by atomic mass is 16.6. The fraction of sp³-hybridized carbons (Fsp3) is 1.00. The molecule has 0 aromatic rings. The zero-order valence-corrected chi connectivity index (χ0v) is 15.6. The van der Waals surface area contributed by atoms with E-state index in [0.717, 1.165) is 19.3 Å². The molecule has 0 saturated carbocycles. The van der Waals surface area contributed by atoms with E-state index in [1.807, 2.05) is 13.8 Å². The minimum atomic E-state index is -0.183. The summed E-state index contributed by atoms with van der Waals surface area (Å²) in [6.45, 7) is 10.3. The second-order valence-electron chi connectivity index (χ2n) is 4.86. The third-order valence-corrected chi connectivity index (χ3v) is 3.18. The standard InChI is InChI=1S/C13H28O3.C2H6O.C2H6/c1-5-7-8-13(15-4)11(3)9-12(6-2)16-10-14;1-3-2;1-2/h11-14H,5-10H2,1-4H3;1-2H3;1-2H3. The summed E-state index contributed by atoms with van der Waals surface area (Å²) in [5.41, 5.74) is 0. The summed E-state index contributed by atoms with van der Waals surface area (Å²) in [6.07, 6.45) is 5.89. The van der Waals surface area contributed by atoms with Crippen molar-refractivity contribution >= 4 is 0 Å². The summed E-state index contributed by atoms with van der Waals surface area (Å²) in [4.78, 5) is 0. The Bertz CT molecular complexity index is 165. The Labute approximate surface area is 133 Å². The first-order chi connectivity index (χ1) is 10.1. The molecular formula is C17H40O4. The van der Waals surface area contributed by atoms with E-state index in [1.54, 1.807) is 21.3 Å². The molecule has 3 unspecified atom stereocenters. The number of aliphatic hydroxyl groups is 1. The van der Waals surface area contributed by atoms with Crippen LogP contribution in [0.3, 0.4) is 0 Å². The Balaban J connectivity index is -0.000000569. The van der Waals surface area contributed by atoms with Gasteiger partial charge < -0.3 is 19.3 Å². The SMILES string of the molecule is CC.CCCCC(OC)C(C)CC(CC)OCO.COC. The summed E-state index contributed by atoms with van der Waals surface area (Å²) in [6, 6.07) is 0. The van der Waals surface area contributed by atoms with Crippen LogP contribution in [0.1, 0.15) is 66.7 Å². The zero-order chi connectivity index (χ0) is 17.1. The maximum absolute atomic E-state index is 8.76. The van der Waals surface area contributed by atoms with E-state index in [-0.39, 0.29) is 12.9 Å². The maximum atomic E-state index is 8.76. The van der Waals surface area contributed by atoms with E-state index in [2.05, 4.69) is 25.5 Å². The highest BCUT2D eigenvalue weighted by Gasteiger charge is 2.20. The van der Waals surface area contributed by atoms with E-state index >= 15 is 0 Å². The lowest BCUT2D eigenvalue weighted by Crippen LogP contribution is -2.26. The highest BCUT2D eigenvalue weighted by molar-refractivity contribution is 4.70. The van der Waals surface area contributed by atoms with Crippen LogP contribution < -0.4 is 0 Å². The Kier molecular flexibility index (Phi) is 27.2. The van der Waals surface area contributed by atoms with Crippen molar-refractivity contribution in [1.82, 2.24) is 0 Å². The number of unbranched alkanes of at least 4 members (excludes halogenated alkanes) is 1. The van der Waals surface area contributed by atoms with Crippen LogP contribution in [-0.4, -0.2) is 45.4 Å². The monoisotopic (exact) mass is 308 g/mol. The summed E-state index contributed by atoms with van der Waals surface area (Å²) >= 11 is 0. The molecule has 0 aromatic heterocycles. The van der Waals surface area contributed by atoms with Crippen molar-refractivity contribution in [2.45, 2.75) is 78.9 Å². The molecule has 0 aliphatic heterocycles. The van der Waals surface area contributed by atoms with Gasteiger partial charge in [0.05, 0.1) is 12.2 Å². The number of hydrogen-bond donors (Lipinski definition) is 1. The molecule has 0 bridgehead atoms. The number of ether oxygens (including phenoxy) is 3. The fourth-order valence-electron chi connectivity index (χ4n) is 2.06. The van der Waals surface area contributed by atoms with Gasteiger partial charge in [-0.25, -0.2) is 0 Å². The van der Waals surface area contributed by atoms with Gasteiger partial charge >= 0.3 is 0 Å².